The maximum Gasteiger partial charge on any atom is 0.401 e. The molecule has 0 fully saturated rings. The third-order valence-corrected chi connectivity index (χ3v) is 3.63. The summed E-state index contributed by atoms with van der Waals surface area (Å²) < 4.78 is 10.8. The first-order chi connectivity index (χ1) is 7.75. The molecule has 0 N–H and O–H groups in total. The second kappa shape index (κ2) is 3.65. The summed E-state index contributed by atoms with van der Waals surface area (Å²) in [5, 5.41) is 2.16. The van der Waals surface area contributed by atoms with Gasteiger partial charge in [0.2, 0.25) is 0 Å². The summed E-state index contributed by atoms with van der Waals surface area (Å²) in [5.41, 5.74) is 0.873. The predicted molar refractivity (Wildman–Crippen MR) is 67.5 cm³/mol. The minimum absolute atomic E-state index is 0.577. The number of hydrogen-bond donors (Lipinski definition) is 0. The van der Waals surface area contributed by atoms with Gasteiger partial charge in [0.05, 0.1) is 5.56 Å². The topological polar surface area (TPSA) is 18.5 Å². The molecule has 0 spiro atoms. The van der Waals surface area contributed by atoms with Crippen molar-refractivity contribution in [3.05, 3.63) is 48.5 Å². The van der Waals surface area contributed by atoms with Crippen LogP contribution in [0.15, 0.2) is 43.0 Å². The highest BCUT2D eigenvalue weighted by molar-refractivity contribution is 7.76. The van der Waals surface area contributed by atoms with Gasteiger partial charge in [-0.1, -0.05) is 36.9 Å². The number of rotatable bonds is 0. The van der Waals surface area contributed by atoms with Gasteiger partial charge in [-0.2, -0.15) is 0 Å². The van der Waals surface area contributed by atoms with Crippen LogP contribution in [0.4, 0.5) is 0 Å². The van der Waals surface area contributed by atoms with E-state index in [-0.39, 0.29) is 0 Å². The van der Waals surface area contributed by atoms with E-state index in [1.54, 1.807) is 0 Å². The van der Waals surface area contributed by atoms with Crippen molar-refractivity contribution in [2.75, 3.05) is 0 Å². The zero-order chi connectivity index (χ0) is 11.1. The molecule has 0 saturated heterocycles. The standard InChI is InChI=1S/C12H8ClO2P/c1-8-10-7-6-9-4-2-3-5-11(9)12(10)15-16(13)14-8/h2-7H,1H2. The van der Waals surface area contributed by atoms with E-state index in [2.05, 4.69) is 6.58 Å². The smallest absolute Gasteiger partial charge is 0.401 e. The molecule has 1 heterocycles. The molecule has 0 bridgehead atoms. The van der Waals surface area contributed by atoms with Crippen LogP contribution in [-0.4, -0.2) is 0 Å². The Kier molecular flexibility index (Phi) is 2.27. The van der Waals surface area contributed by atoms with Crippen molar-refractivity contribution >= 4 is 35.5 Å². The quantitative estimate of drug-likeness (QED) is 0.632. The third-order valence-electron chi connectivity index (χ3n) is 2.53. The average Bonchev–Trinajstić information content (AvgIpc) is 2.28. The van der Waals surface area contributed by atoms with Crippen molar-refractivity contribution in [1.29, 1.82) is 0 Å². The van der Waals surface area contributed by atoms with E-state index in [9.17, 15) is 0 Å². The Balaban J connectivity index is 2.33. The normalized spacial score (nSPS) is 18.8. The Morgan fingerprint density at radius 2 is 1.88 bits per heavy atom. The molecule has 2 aromatic carbocycles. The zero-order valence-electron chi connectivity index (χ0n) is 8.31. The van der Waals surface area contributed by atoms with Gasteiger partial charge in [0.15, 0.2) is 0 Å². The van der Waals surface area contributed by atoms with E-state index >= 15 is 0 Å². The molecule has 80 valence electrons. The lowest BCUT2D eigenvalue weighted by Gasteiger charge is -2.23. The molecule has 0 saturated carbocycles. The van der Waals surface area contributed by atoms with Crippen molar-refractivity contribution < 1.29 is 9.05 Å². The lowest BCUT2D eigenvalue weighted by molar-refractivity contribution is 0.461. The van der Waals surface area contributed by atoms with Gasteiger partial charge in [-0.25, -0.2) is 0 Å². The number of hydrogen-bond acceptors (Lipinski definition) is 2. The monoisotopic (exact) mass is 250 g/mol. The van der Waals surface area contributed by atoms with Crippen molar-refractivity contribution in [3.63, 3.8) is 0 Å². The third kappa shape index (κ3) is 1.46. The number of fused-ring (bicyclic) bond motifs is 3. The first-order valence-corrected chi connectivity index (χ1v) is 6.87. The van der Waals surface area contributed by atoms with Gasteiger partial charge in [0.1, 0.15) is 11.5 Å². The maximum absolute atomic E-state index is 5.90. The van der Waals surface area contributed by atoms with E-state index in [4.69, 9.17) is 20.3 Å². The minimum atomic E-state index is -1.42. The first kappa shape index (κ1) is 9.95. The van der Waals surface area contributed by atoms with Crippen LogP contribution in [0.5, 0.6) is 5.75 Å². The Morgan fingerprint density at radius 1 is 1.06 bits per heavy atom. The summed E-state index contributed by atoms with van der Waals surface area (Å²) in [6, 6.07) is 12.0. The van der Waals surface area contributed by atoms with E-state index in [1.807, 2.05) is 36.4 Å². The van der Waals surface area contributed by atoms with Gasteiger partial charge in [-0.15, -0.1) is 0 Å². The van der Waals surface area contributed by atoms with Gasteiger partial charge in [0, 0.05) is 5.39 Å². The zero-order valence-corrected chi connectivity index (χ0v) is 9.96. The molecule has 1 aliphatic heterocycles. The van der Waals surface area contributed by atoms with Crippen LogP contribution in [0.3, 0.4) is 0 Å². The molecule has 16 heavy (non-hydrogen) atoms. The van der Waals surface area contributed by atoms with Crippen molar-refractivity contribution in [2.45, 2.75) is 0 Å². The van der Waals surface area contributed by atoms with Crippen LogP contribution < -0.4 is 4.52 Å². The largest absolute Gasteiger partial charge is 0.427 e. The lowest BCUT2D eigenvalue weighted by Crippen LogP contribution is -2.00. The van der Waals surface area contributed by atoms with Crippen molar-refractivity contribution in [2.24, 2.45) is 0 Å². The van der Waals surface area contributed by atoms with Gasteiger partial charge < -0.3 is 9.05 Å². The minimum Gasteiger partial charge on any atom is -0.427 e. The highest BCUT2D eigenvalue weighted by Gasteiger charge is 2.25. The van der Waals surface area contributed by atoms with E-state index in [0.29, 0.717) is 5.76 Å². The fraction of sp³-hybridized carbons (Fsp3) is 0. The summed E-state index contributed by atoms with van der Waals surface area (Å²) in [5.74, 6) is 1.35. The van der Waals surface area contributed by atoms with Crippen LogP contribution in [0.25, 0.3) is 16.5 Å². The molecule has 0 aliphatic carbocycles. The molecule has 2 aromatic rings. The average molecular weight is 251 g/mol. The van der Waals surface area contributed by atoms with Crippen molar-refractivity contribution in [1.82, 2.24) is 0 Å². The maximum atomic E-state index is 5.90. The fourth-order valence-corrected chi connectivity index (χ4v) is 2.89. The SMILES string of the molecule is C=C1OP(Cl)Oc2c1ccc1ccccc21. The number of halogens is 1. The summed E-state index contributed by atoms with van der Waals surface area (Å²) in [4.78, 5) is 0. The van der Waals surface area contributed by atoms with Gasteiger partial charge in [-0.05, 0) is 22.7 Å². The highest BCUT2D eigenvalue weighted by Crippen LogP contribution is 2.55. The van der Waals surface area contributed by atoms with Crippen LogP contribution in [0.1, 0.15) is 5.56 Å². The molecule has 2 nitrogen and oxygen atoms in total. The Bertz CT molecular complexity index is 582. The van der Waals surface area contributed by atoms with Crippen LogP contribution in [0.2, 0.25) is 0 Å². The summed E-state index contributed by atoms with van der Waals surface area (Å²) in [7, 11) is -1.42. The molecule has 1 atom stereocenters. The molecule has 0 amide bonds. The van der Waals surface area contributed by atoms with E-state index in [1.165, 1.54) is 0 Å². The first-order valence-electron chi connectivity index (χ1n) is 4.78. The summed E-state index contributed by atoms with van der Waals surface area (Å²) in [6.07, 6.45) is 0. The van der Waals surface area contributed by atoms with Crippen LogP contribution in [0, 0.1) is 0 Å². The molecular formula is C12H8ClO2P. The second-order valence-electron chi connectivity index (χ2n) is 3.48. The molecule has 0 radical (unpaired) electrons. The highest BCUT2D eigenvalue weighted by atomic mass is 35.7. The molecule has 4 heteroatoms. The Morgan fingerprint density at radius 3 is 2.75 bits per heavy atom. The van der Waals surface area contributed by atoms with Crippen LogP contribution in [-0.2, 0) is 4.52 Å². The Labute approximate surface area is 99.1 Å². The predicted octanol–water partition coefficient (Wildman–Crippen LogP) is 4.69. The van der Waals surface area contributed by atoms with E-state index < -0.39 is 7.73 Å². The molecule has 1 aliphatic rings. The van der Waals surface area contributed by atoms with Crippen LogP contribution >= 0.6 is 19.0 Å². The fourth-order valence-electron chi connectivity index (χ4n) is 1.79. The summed E-state index contributed by atoms with van der Waals surface area (Å²) >= 11 is 5.90. The van der Waals surface area contributed by atoms with Gasteiger partial charge in [0.25, 0.3) is 0 Å². The second-order valence-corrected chi connectivity index (χ2v) is 5.10. The van der Waals surface area contributed by atoms with Crippen molar-refractivity contribution in [3.8, 4) is 5.75 Å². The molecule has 0 aromatic heterocycles. The van der Waals surface area contributed by atoms with E-state index in [0.717, 1.165) is 22.1 Å². The Hall–Kier alpha value is -1.24. The molecule has 1 unspecified atom stereocenters. The number of benzene rings is 2. The molecular weight excluding hydrogens is 243 g/mol. The van der Waals surface area contributed by atoms with Gasteiger partial charge >= 0.3 is 7.73 Å². The summed E-state index contributed by atoms with van der Waals surface area (Å²) in [6.45, 7) is 3.84. The molecule has 3 rings (SSSR count). The lowest BCUT2D eigenvalue weighted by atomic mass is 10.0. The van der Waals surface area contributed by atoms with Gasteiger partial charge in [-0.3, -0.25) is 0 Å².